The van der Waals surface area contributed by atoms with Crippen LogP contribution in [0.25, 0.3) is 0 Å². The highest BCUT2D eigenvalue weighted by atomic mass is 32.2. The van der Waals surface area contributed by atoms with Crippen molar-refractivity contribution in [3.8, 4) is 0 Å². The number of carbonyl (C=O) groups excluding carboxylic acids is 1. The summed E-state index contributed by atoms with van der Waals surface area (Å²) in [4.78, 5) is 11.1. The average Bonchev–Trinajstić information content (AvgIpc) is 2.29. The standard InChI is InChI=1S/C13H17NO4S/c1-4-13(15)14-12-8-11(19(16,17)18)6-5-10(12)7-9(2)3/h4-6,8-9H,1,7H2,2-3H3,(H,14,15)(H,16,17,18). The van der Waals surface area contributed by atoms with Crippen LogP contribution in [0.15, 0.2) is 35.7 Å². The van der Waals surface area contributed by atoms with Crippen LogP contribution in [0.5, 0.6) is 0 Å². The van der Waals surface area contributed by atoms with Crippen LogP contribution in [0.1, 0.15) is 19.4 Å². The fourth-order valence-corrected chi connectivity index (χ4v) is 2.14. The van der Waals surface area contributed by atoms with E-state index in [4.69, 9.17) is 4.55 Å². The van der Waals surface area contributed by atoms with Crippen molar-refractivity contribution in [1.82, 2.24) is 0 Å². The molecular weight excluding hydrogens is 266 g/mol. The highest BCUT2D eigenvalue weighted by Crippen LogP contribution is 2.23. The number of hydrogen-bond donors (Lipinski definition) is 2. The molecule has 0 saturated heterocycles. The summed E-state index contributed by atoms with van der Waals surface area (Å²) in [5.74, 6) is -0.0894. The van der Waals surface area contributed by atoms with Crippen molar-refractivity contribution in [2.45, 2.75) is 25.2 Å². The predicted molar refractivity (Wildman–Crippen MR) is 73.6 cm³/mol. The van der Waals surface area contributed by atoms with Gasteiger partial charge >= 0.3 is 0 Å². The molecule has 0 aromatic heterocycles. The molecular formula is C13H17NO4S. The van der Waals surface area contributed by atoms with E-state index < -0.39 is 16.0 Å². The molecule has 0 aliphatic carbocycles. The Hall–Kier alpha value is -1.66. The predicted octanol–water partition coefficient (Wildman–Crippen LogP) is 2.26. The van der Waals surface area contributed by atoms with E-state index in [-0.39, 0.29) is 4.90 Å². The van der Waals surface area contributed by atoms with Gasteiger partial charge in [0, 0.05) is 5.69 Å². The summed E-state index contributed by atoms with van der Waals surface area (Å²) < 4.78 is 31.2. The normalized spacial score (nSPS) is 11.4. The van der Waals surface area contributed by atoms with Gasteiger partial charge in [0.1, 0.15) is 0 Å². The van der Waals surface area contributed by atoms with Crippen LogP contribution in [0.2, 0.25) is 0 Å². The number of hydrogen-bond acceptors (Lipinski definition) is 3. The molecule has 6 heteroatoms. The summed E-state index contributed by atoms with van der Waals surface area (Å²) in [5, 5.41) is 2.55. The van der Waals surface area contributed by atoms with E-state index in [0.29, 0.717) is 18.0 Å². The fourth-order valence-electron chi connectivity index (χ4n) is 1.63. The third-order valence-corrected chi connectivity index (χ3v) is 3.30. The first kappa shape index (κ1) is 15.4. The van der Waals surface area contributed by atoms with E-state index in [1.54, 1.807) is 6.07 Å². The van der Waals surface area contributed by atoms with Gasteiger partial charge in [-0.15, -0.1) is 0 Å². The smallest absolute Gasteiger partial charge is 0.294 e. The highest BCUT2D eigenvalue weighted by molar-refractivity contribution is 7.85. The molecule has 0 heterocycles. The molecule has 0 bridgehead atoms. The van der Waals surface area contributed by atoms with Gasteiger partial charge in [-0.2, -0.15) is 8.42 Å². The Labute approximate surface area is 113 Å². The summed E-state index contributed by atoms with van der Waals surface area (Å²) in [6.07, 6.45) is 1.78. The Bertz CT molecular complexity index is 591. The number of amides is 1. The van der Waals surface area contributed by atoms with Crippen LogP contribution >= 0.6 is 0 Å². The average molecular weight is 283 g/mol. The van der Waals surface area contributed by atoms with Gasteiger partial charge in [0.15, 0.2) is 0 Å². The molecule has 1 aromatic carbocycles. The minimum Gasteiger partial charge on any atom is -0.322 e. The largest absolute Gasteiger partial charge is 0.322 e. The molecule has 19 heavy (non-hydrogen) atoms. The quantitative estimate of drug-likeness (QED) is 0.641. The molecule has 2 N–H and O–H groups in total. The summed E-state index contributed by atoms with van der Waals surface area (Å²) >= 11 is 0. The Morgan fingerprint density at radius 3 is 2.58 bits per heavy atom. The maximum absolute atomic E-state index is 11.3. The van der Waals surface area contributed by atoms with Gasteiger partial charge in [-0.05, 0) is 36.1 Å². The Balaban J connectivity index is 3.25. The van der Waals surface area contributed by atoms with Crippen molar-refractivity contribution in [2.75, 3.05) is 5.32 Å². The second kappa shape index (κ2) is 5.99. The topological polar surface area (TPSA) is 83.5 Å². The monoisotopic (exact) mass is 283 g/mol. The summed E-state index contributed by atoms with van der Waals surface area (Å²) in [7, 11) is -4.29. The van der Waals surface area contributed by atoms with Crippen LogP contribution in [-0.4, -0.2) is 18.9 Å². The molecule has 0 atom stereocenters. The molecule has 1 amide bonds. The first-order chi connectivity index (χ1) is 8.74. The maximum atomic E-state index is 11.3. The molecule has 1 rings (SSSR count). The van der Waals surface area contributed by atoms with Crippen molar-refractivity contribution < 1.29 is 17.8 Å². The van der Waals surface area contributed by atoms with Crippen LogP contribution in [-0.2, 0) is 21.3 Å². The number of benzene rings is 1. The minimum atomic E-state index is -4.29. The third kappa shape index (κ3) is 4.50. The molecule has 0 saturated carbocycles. The van der Waals surface area contributed by atoms with Gasteiger partial charge in [0.2, 0.25) is 5.91 Å². The van der Waals surface area contributed by atoms with Gasteiger partial charge < -0.3 is 5.32 Å². The van der Waals surface area contributed by atoms with Crippen molar-refractivity contribution in [3.63, 3.8) is 0 Å². The molecule has 1 aromatic rings. The Morgan fingerprint density at radius 1 is 1.47 bits per heavy atom. The second-order valence-electron chi connectivity index (χ2n) is 4.59. The lowest BCUT2D eigenvalue weighted by Crippen LogP contribution is -2.11. The Morgan fingerprint density at radius 2 is 2.11 bits per heavy atom. The van der Waals surface area contributed by atoms with Gasteiger partial charge in [-0.3, -0.25) is 9.35 Å². The zero-order valence-corrected chi connectivity index (χ0v) is 11.7. The van der Waals surface area contributed by atoms with Crippen molar-refractivity contribution in [1.29, 1.82) is 0 Å². The van der Waals surface area contributed by atoms with E-state index in [1.807, 2.05) is 13.8 Å². The zero-order valence-electron chi connectivity index (χ0n) is 10.9. The van der Waals surface area contributed by atoms with Crippen molar-refractivity contribution >= 4 is 21.7 Å². The molecule has 0 radical (unpaired) electrons. The highest BCUT2D eigenvalue weighted by Gasteiger charge is 2.14. The van der Waals surface area contributed by atoms with Crippen LogP contribution in [0.4, 0.5) is 5.69 Å². The van der Waals surface area contributed by atoms with E-state index in [9.17, 15) is 13.2 Å². The minimum absolute atomic E-state index is 0.251. The van der Waals surface area contributed by atoms with E-state index in [0.717, 1.165) is 11.6 Å². The molecule has 0 aliphatic heterocycles. The first-order valence-electron chi connectivity index (χ1n) is 5.78. The Kier molecular flexibility index (Phi) is 4.85. The lowest BCUT2D eigenvalue weighted by Gasteiger charge is -2.13. The van der Waals surface area contributed by atoms with Gasteiger partial charge in [0.25, 0.3) is 10.1 Å². The molecule has 0 fully saturated rings. The summed E-state index contributed by atoms with van der Waals surface area (Å²) in [6.45, 7) is 7.36. The van der Waals surface area contributed by atoms with Crippen molar-refractivity contribution in [2.24, 2.45) is 5.92 Å². The van der Waals surface area contributed by atoms with E-state index in [1.165, 1.54) is 12.1 Å². The number of carbonyl (C=O) groups is 1. The zero-order chi connectivity index (χ0) is 14.6. The summed E-state index contributed by atoms with van der Waals surface area (Å²) in [6, 6.07) is 4.15. The number of rotatable bonds is 5. The van der Waals surface area contributed by atoms with Crippen LogP contribution in [0, 0.1) is 5.92 Å². The van der Waals surface area contributed by atoms with Gasteiger partial charge in [-0.1, -0.05) is 26.5 Å². The van der Waals surface area contributed by atoms with Gasteiger partial charge in [-0.25, -0.2) is 0 Å². The molecule has 104 valence electrons. The fraction of sp³-hybridized carbons (Fsp3) is 0.308. The first-order valence-corrected chi connectivity index (χ1v) is 7.22. The number of nitrogens with one attached hydrogen (secondary N) is 1. The SMILES string of the molecule is C=CC(=O)Nc1cc(S(=O)(=O)O)ccc1CC(C)C. The summed E-state index contributed by atoms with van der Waals surface area (Å²) in [5.41, 5.74) is 1.17. The second-order valence-corrected chi connectivity index (χ2v) is 6.01. The van der Waals surface area contributed by atoms with Crippen LogP contribution < -0.4 is 5.32 Å². The lowest BCUT2D eigenvalue weighted by atomic mass is 10.0. The maximum Gasteiger partial charge on any atom is 0.294 e. The molecule has 0 spiro atoms. The van der Waals surface area contributed by atoms with E-state index in [2.05, 4.69) is 11.9 Å². The number of anilines is 1. The molecule has 5 nitrogen and oxygen atoms in total. The third-order valence-electron chi connectivity index (χ3n) is 2.45. The van der Waals surface area contributed by atoms with Crippen molar-refractivity contribution in [3.05, 3.63) is 36.4 Å². The molecule has 0 aliphatic rings. The van der Waals surface area contributed by atoms with E-state index >= 15 is 0 Å². The lowest BCUT2D eigenvalue weighted by molar-refractivity contribution is -0.111. The molecule has 0 unspecified atom stereocenters. The van der Waals surface area contributed by atoms with Crippen LogP contribution in [0.3, 0.4) is 0 Å². The van der Waals surface area contributed by atoms with Gasteiger partial charge in [0.05, 0.1) is 4.90 Å².